The maximum Gasteiger partial charge on any atom is 0.312 e. The van der Waals surface area contributed by atoms with Gasteiger partial charge in [-0.05, 0) is 47.5 Å². The van der Waals surface area contributed by atoms with Gasteiger partial charge < -0.3 is 10.5 Å². The van der Waals surface area contributed by atoms with Crippen molar-refractivity contribution in [2.45, 2.75) is 66.9 Å². The van der Waals surface area contributed by atoms with E-state index in [1.807, 2.05) is 27.7 Å². The molecule has 0 saturated heterocycles. The number of primary amides is 1. The zero-order valence-electron chi connectivity index (χ0n) is 12.7. The van der Waals surface area contributed by atoms with Crippen LogP contribution in [0.5, 0.6) is 0 Å². The second-order valence-electron chi connectivity index (χ2n) is 6.84. The van der Waals surface area contributed by atoms with Crippen molar-refractivity contribution in [2.24, 2.45) is 16.6 Å². The molecular formula is C14H27NO3. The number of amides is 1. The van der Waals surface area contributed by atoms with E-state index in [2.05, 4.69) is 0 Å². The summed E-state index contributed by atoms with van der Waals surface area (Å²) in [6.07, 6.45) is 0.995. The van der Waals surface area contributed by atoms with Crippen LogP contribution in [0.4, 0.5) is 0 Å². The normalized spacial score (nSPS) is 15.9. The highest BCUT2D eigenvalue weighted by Crippen LogP contribution is 2.37. The zero-order valence-corrected chi connectivity index (χ0v) is 12.7. The quantitative estimate of drug-likeness (QED) is 0.770. The smallest absolute Gasteiger partial charge is 0.312 e. The molecule has 1 amide bonds. The van der Waals surface area contributed by atoms with Crippen LogP contribution in [0.2, 0.25) is 0 Å². The molecule has 0 aromatic carbocycles. The summed E-state index contributed by atoms with van der Waals surface area (Å²) in [7, 11) is 0. The van der Waals surface area contributed by atoms with Crippen molar-refractivity contribution < 1.29 is 14.3 Å². The number of hydrogen-bond acceptors (Lipinski definition) is 3. The molecule has 0 rings (SSSR count). The van der Waals surface area contributed by atoms with Crippen LogP contribution < -0.4 is 5.73 Å². The Balaban J connectivity index is 4.95. The standard InChI is InChI=1S/C14H27NO3/c1-8-14(7,10(15)16)9-13(5,6)11(17)18-12(2,3)4/h8-9H2,1-7H3,(H2,15,16). The average Bonchev–Trinajstić information content (AvgIpc) is 2.13. The summed E-state index contributed by atoms with van der Waals surface area (Å²) in [6, 6.07) is 0. The van der Waals surface area contributed by atoms with Crippen LogP contribution >= 0.6 is 0 Å². The Morgan fingerprint density at radius 3 is 1.78 bits per heavy atom. The molecule has 0 aliphatic heterocycles. The number of rotatable bonds is 5. The lowest BCUT2D eigenvalue weighted by Gasteiger charge is -2.35. The molecule has 0 saturated carbocycles. The van der Waals surface area contributed by atoms with Crippen LogP contribution in [0.15, 0.2) is 0 Å². The molecule has 106 valence electrons. The van der Waals surface area contributed by atoms with E-state index in [-0.39, 0.29) is 11.9 Å². The number of hydrogen-bond donors (Lipinski definition) is 1. The van der Waals surface area contributed by atoms with Gasteiger partial charge in [0.05, 0.1) is 5.41 Å². The molecule has 0 heterocycles. The second-order valence-corrected chi connectivity index (χ2v) is 6.84. The lowest BCUT2D eigenvalue weighted by Crippen LogP contribution is -2.42. The lowest BCUT2D eigenvalue weighted by atomic mass is 9.72. The third-order valence-corrected chi connectivity index (χ3v) is 3.16. The summed E-state index contributed by atoms with van der Waals surface area (Å²) < 4.78 is 5.38. The molecule has 18 heavy (non-hydrogen) atoms. The van der Waals surface area contributed by atoms with Crippen molar-refractivity contribution in [2.75, 3.05) is 0 Å². The van der Waals surface area contributed by atoms with Crippen LogP contribution in [0.1, 0.15) is 61.3 Å². The lowest BCUT2D eigenvalue weighted by molar-refractivity contribution is -0.167. The van der Waals surface area contributed by atoms with Gasteiger partial charge in [-0.1, -0.05) is 13.8 Å². The first kappa shape index (κ1) is 16.9. The number of esters is 1. The molecule has 4 nitrogen and oxygen atoms in total. The van der Waals surface area contributed by atoms with Crippen LogP contribution in [0.3, 0.4) is 0 Å². The Labute approximate surface area is 110 Å². The Kier molecular flexibility index (Phi) is 4.98. The first-order chi connectivity index (χ1) is 7.84. The Morgan fingerprint density at radius 1 is 1.06 bits per heavy atom. The molecule has 4 heteroatoms. The highest BCUT2D eigenvalue weighted by molar-refractivity contribution is 5.82. The largest absolute Gasteiger partial charge is 0.460 e. The van der Waals surface area contributed by atoms with Crippen LogP contribution in [-0.4, -0.2) is 17.5 Å². The SMILES string of the molecule is CCC(C)(CC(C)(C)C(=O)OC(C)(C)C)C(N)=O. The van der Waals surface area contributed by atoms with Gasteiger partial charge in [0.15, 0.2) is 0 Å². The Morgan fingerprint density at radius 2 is 1.50 bits per heavy atom. The topological polar surface area (TPSA) is 69.4 Å². The fourth-order valence-electron chi connectivity index (χ4n) is 1.85. The minimum Gasteiger partial charge on any atom is -0.460 e. The summed E-state index contributed by atoms with van der Waals surface area (Å²) >= 11 is 0. The molecule has 2 N–H and O–H groups in total. The van der Waals surface area contributed by atoms with Crippen molar-refractivity contribution in [1.29, 1.82) is 0 Å². The van der Waals surface area contributed by atoms with Gasteiger partial charge in [-0.15, -0.1) is 0 Å². The van der Waals surface area contributed by atoms with E-state index in [0.717, 1.165) is 0 Å². The van der Waals surface area contributed by atoms with E-state index in [4.69, 9.17) is 10.5 Å². The third-order valence-electron chi connectivity index (χ3n) is 3.16. The van der Waals surface area contributed by atoms with E-state index in [0.29, 0.717) is 12.8 Å². The predicted octanol–water partition coefficient (Wildman–Crippen LogP) is 2.65. The summed E-state index contributed by atoms with van der Waals surface area (Å²) in [5.74, 6) is -0.669. The van der Waals surface area contributed by atoms with Gasteiger partial charge in [-0.2, -0.15) is 0 Å². The van der Waals surface area contributed by atoms with Crippen LogP contribution in [0, 0.1) is 10.8 Å². The molecule has 0 aromatic heterocycles. The van der Waals surface area contributed by atoms with Crippen LogP contribution in [-0.2, 0) is 14.3 Å². The summed E-state index contributed by atoms with van der Waals surface area (Å²) in [4.78, 5) is 23.6. The molecule has 0 fully saturated rings. The van der Waals surface area contributed by atoms with Crippen molar-refractivity contribution >= 4 is 11.9 Å². The van der Waals surface area contributed by atoms with Crippen molar-refractivity contribution in [3.63, 3.8) is 0 Å². The minimum absolute atomic E-state index is 0.295. The van der Waals surface area contributed by atoms with Crippen molar-refractivity contribution in [3.8, 4) is 0 Å². The van der Waals surface area contributed by atoms with Gasteiger partial charge in [0.25, 0.3) is 0 Å². The molecule has 0 bridgehead atoms. The number of nitrogens with two attached hydrogens (primary N) is 1. The number of carbonyl (C=O) groups is 2. The highest BCUT2D eigenvalue weighted by atomic mass is 16.6. The summed E-state index contributed by atoms with van der Waals surface area (Å²) in [5.41, 5.74) is 3.49. The number of ether oxygens (including phenoxy) is 1. The zero-order chi connectivity index (χ0) is 14.8. The van der Waals surface area contributed by atoms with Gasteiger partial charge >= 0.3 is 5.97 Å². The fraction of sp³-hybridized carbons (Fsp3) is 0.857. The molecule has 0 spiro atoms. The Bertz CT molecular complexity index is 328. The number of carbonyl (C=O) groups excluding carboxylic acids is 2. The second kappa shape index (κ2) is 5.29. The maximum absolute atomic E-state index is 12.1. The summed E-state index contributed by atoms with van der Waals surface area (Å²) in [5, 5.41) is 0. The molecule has 1 unspecified atom stereocenters. The molecule has 0 aliphatic carbocycles. The predicted molar refractivity (Wildman–Crippen MR) is 71.8 cm³/mol. The monoisotopic (exact) mass is 257 g/mol. The molecular weight excluding hydrogens is 230 g/mol. The average molecular weight is 257 g/mol. The molecule has 1 atom stereocenters. The van der Waals surface area contributed by atoms with E-state index in [1.54, 1.807) is 20.8 Å². The third kappa shape index (κ3) is 4.67. The van der Waals surface area contributed by atoms with Gasteiger partial charge in [-0.25, -0.2) is 0 Å². The van der Waals surface area contributed by atoms with Gasteiger partial charge in [0.1, 0.15) is 5.60 Å². The minimum atomic E-state index is -0.729. The fourth-order valence-corrected chi connectivity index (χ4v) is 1.85. The molecule has 0 radical (unpaired) electrons. The van der Waals surface area contributed by atoms with Gasteiger partial charge in [0, 0.05) is 5.41 Å². The first-order valence-electron chi connectivity index (χ1n) is 6.37. The van der Waals surface area contributed by atoms with Crippen molar-refractivity contribution in [1.82, 2.24) is 0 Å². The molecule has 0 aliphatic rings. The van der Waals surface area contributed by atoms with E-state index in [1.165, 1.54) is 0 Å². The van der Waals surface area contributed by atoms with Gasteiger partial charge in [-0.3, -0.25) is 9.59 Å². The van der Waals surface area contributed by atoms with Crippen molar-refractivity contribution in [3.05, 3.63) is 0 Å². The summed E-state index contributed by atoms with van der Waals surface area (Å²) in [6.45, 7) is 12.8. The first-order valence-corrected chi connectivity index (χ1v) is 6.37. The molecule has 0 aromatic rings. The Hall–Kier alpha value is -1.06. The van der Waals surface area contributed by atoms with E-state index < -0.39 is 16.4 Å². The van der Waals surface area contributed by atoms with E-state index in [9.17, 15) is 9.59 Å². The highest BCUT2D eigenvalue weighted by Gasteiger charge is 2.41. The maximum atomic E-state index is 12.1. The van der Waals surface area contributed by atoms with E-state index >= 15 is 0 Å². The van der Waals surface area contributed by atoms with Crippen LogP contribution in [0.25, 0.3) is 0 Å². The van der Waals surface area contributed by atoms with Gasteiger partial charge in [0.2, 0.25) is 5.91 Å².